The third kappa shape index (κ3) is 5.11. The minimum atomic E-state index is -0.687. The lowest BCUT2D eigenvalue weighted by Gasteiger charge is -2.37. The number of morpholine rings is 1. The molecule has 2 amide bonds. The second-order valence-corrected chi connectivity index (χ2v) is 6.87. The van der Waals surface area contributed by atoms with Gasteiger partial charge in [0, 0.05) is 26.3 Å². The molecule has 6 nitrogen and oxygen atoms in total. The van der Waals surface area contributed by atoms with Gasteiger partial charge in [0.1, 0.15) is 0 Å². The topological polar surface area (TPSA) is 71.0 Å². The van der Waals surface area contributed by atoms with Gasteiger partial charge in [-0.3, -0.25) is 0 Å². The van der Waals surface area contributed by atoms with Crippen LogP contribution in [0.1, 0.15) is 39.5 Å². The average Bonchev–Trinajstić information content (AvgIpc) is 2.47. The van der Waals surface area contributed by atoms with Crippen molar-refractivity contribution in [1.82, 2.24) is 10.2 Å². The molecule has 0 aromatic heterocycles. The van der Waals surface area contributed by atoms with E-state index in [0.717, 1.165) is 6.42 Å². The summed E-state index contributed by atoms with van der Waals surface area (Å²) in [5.41, 5.74) is -0.687. The second-order valence-electron chi connectivity index (χ2n) is 6.87. The fraction of sp³-hybridized carbons (Fsp3) is 0.938. The fourth-order valence-electron chi connectivity index (χ4n) is 3.17. The smallest absolute Gasteiger partial charge is 0.317 e. The molecular formula is C16H30N2O4. The zero-order valence-corrected chi connectivity index (χ0v) is 13.8. The highest BCUT2D eigenvalue weighted by Gasteiger charge is 2.31. The number of urea groups is 1. The lowest BCUT2D eigenvalue weighted by atomic mass is 9.91. The summed E-state index contributed by atoms with van der Waals surface area (Å²) in [4.78, 5) is 14.3. The molecule has 0 bridgehead atoms. The van der Waals surface area contributed by atoms with Crippen LogP contribution in [0.25, 0.3) is 0 Å². The molecule has 0 aliphatic carbocycles. The maximum atomic E-state index is 12.4. The summed E-state index contributed by atoms with van der Waals surface area (Å²) in [6, 6.07) is 0.115. The molecule has 0 aromatic rings. The molecule has 128 valence electrons. The van der Waals surface area contributed by atoms with Gasteiger partial charge in [0.15, 0.2) is 0 Å². The first-order chi connectivity index (χ1) is 10.5. The first-order valence-electron chi connectivity index (χ1n) is 8.42. The summed E-state index contributed by atoms with van der Waals surface area (Å²) in [6.07, 6.45) is 2.84. The Morgan fingerprint density at radius 3 is 2.73 bits per heavy atom. The Hall–Kier alpha value is -0.850. The highest BCUT2D eigenvalue weighted by Crippen LogP contribution is 2.23. The van der Waals surface area contributed by atoms with Gasteiger partial charge in [0.05, 0.1) is 24.9 Å². The van der Waals surface area contributed by atoms with Gasteiger partial charge in [0.2, 0.25) is 0 Å². The summed E-state index contributed by atoms with van der Waals surface area (Å²) < 4.78 is 10.8. The Kier molecular flexibility index (Phi) is 6.47. The van der Waals surface area contributed by atoms with Crippen molar-refractivity contribution in [2.75, 3.05) is 39.5 Å². The van der Waals surface area contributed by atoms with Gasteiger partial charge in [-0.2, -0.15) is 0 Å². The predicted octanol–water partition coefficient (Wildman–Crippen LogP) is 1.37. The molecule has 2 aliphatic heterocycles. The first kappa shape index (κ1) is 17.5. The molecule has 22 heavy (non-hydrogen) atoms. The van der Waals surface area contributed by atoms with Crippen molar-refractivity contribution in [3.63, 3.8) is 0 Å². The maximum Gasteiger partial charge on any atom is 0.317 e. The van der Waals surface area contributed by atoms with E-state index in [1.165, 1.54) is 0 Å². The van der Waals surface area contributed by atoms with Gasteiger partial charge in [0.25, 0.3) is 0 Å². The van der Waals surface area contributed by atoms with Crippen LogP contribution in [0.4, 0.5) is 4.79 Å². The molecule has 2 fully saturated rings. The molecule has 6 heteroatoms. The van der Waals surface area contributed by atoms with E-state index < -0.39 is 5.60 Å². The van der Waals surface area contributed by atoms with Gasteiger partial charge < -0.3 is 24.8 Å². The van der Waals surface area contributed by atoms with E-state index >= 15 is 0 Å². The average molecular weight is 314 g/mol. The van der Waals surface area contributed by atoms with Gasteiger partial charge in [-0.15, -0.1) is 0 Å². The minimum Gasteiger partial charge on any atom is -0.390 e. The lowest BCUT2D eigenvalue weighted by molar-refractivity contribution is -0.0672. The molecular weight excluding hydrogens is 284 g/mol. The van der Waals surface area contributed by atoms with Crippen molar-refractivity contribution in [3.05, 3.63) is 0 Å². The van der Waals surface area contributed by atoms with E-state index in [4.69, 9.17) is 9.47 Å². The number of carbonyl (C=O) groups is 1. The summed E-state index contributed by atoms with van der Waals surface area (Å²) in [7, 11) is 0. The number of amides is 2. The quantitative estimate of drug-likeness (QED) is 0.804. The summed E-state index contributed by atoms with van der Waals surface area (Å²) >= 11 is 0. The molecule has 0 aromatic carbocycles. The van der Waals surface area contributed by atoms with Crippen LogP contribution in [0.2, 0.25) is 0 Å². The molecule has 2 heterocycles. The van der Waals surface area contributed by atoms with E-state index in [1.54, 1.807) is 0 Å². The van der Waals surface area contributed by atoms with Crippen molar-refractivity contribution in [3.8, 4) is 0 Å². The number of hydrogen-bond donors (Lipinski definition) is 2. The fourth-order valence-corrected chi connectivity index (χ4v) is 3.17. The molecule has 2 N–H and O–H groups in total. The van der Waals surface area contributed by atoms with Crippen LogP contribution in [0.3, 0.4) is 0 Å². The summed E-state index contributed by atoms with van der Waals surface area (Å²) in [5, 5.41) is 13.4. The maximum absolute atomic E-state index is 12.4. The minimum absolute atomic E-state index is 0.0374. The molecule has 2 aliphatic rings. The zero-order chi connectivity index (χ0) is 16.0. The molecule has 0 spiro atoms. The van der Waals surface area contributed by atoms with Gasteiger partial charge in [-0.1, -0.05) is 13.8 Å². The van der Waals surface area contributed by atoms with Crippen LogP contribution < -0.4 is 5.32 Å². The van der Waals surface area contributed by atoms with Gasteiger partial charge in [-0.25, -0.2) is 4.79 Å². The van der Waals surface area contributed by atoms with E-state index in [-0.39, 0.29) is 12.1 Å². The van der Waals surface area contributed by atoms with Crippen molar-refractivity contribution in [2.24, 2.45) is 5.92 Å². The highest BCUT2D eigenvalue weighted by molar-refractivity contribution is 5.74. The van der Waals surface area contributed by atoms with E-state index in [2.05, 4.69) is 19.2 Å². The number of ether oxygens (including phenoxy) is 2. The van der Waals surface area contributed by atoms with Crippen LogP contribution in [0.15, 0.2) is 0 Å². The van der Waals surface area contributed by atoms with Crippen molar-refractivity contribution in [2.45, 2.75) is 51.2 Å². The van der Waals surface area contributed by atoms with Crippen LogP contribution >= 0.6 is 0 Å². The molecule has 2 rings (SSSR count). The van der Waals surface area contributed by atoms with E-state index in [9.17, 15) is 9.90 Å². The number of nitrogens with zero attached hydrogens (tertiary/aromatic N) is 1. The van der Waals surface area contributed by atoms with Crippen molar-refractivity contribution < 1.29 is 19.4 Å². The summed E-state index contributed by atoms with van der Waals surface area (Å²) in [6.45, 7) is 7.88. The highest BCUT2D eigenvalue weighted by atomic mass is 16.5. The van der Waals surface area contributed by atoms with E-state index in [0.29, 0.717) is 64.7 Å². The molecule has 2 saturated heterocycles. The Bertz CT molecular complexity index is 356. The molecule has 0 radical (unpaired) electrons. The van der Waals surface area contributed by atoms with Crippen LogP contribution in [0.5, 0.6) is 0 Å². The van der Waals surface area contributed by atoms with Gasteiger partial charge in [-0.05, 0) is 31.6 Å². The van der Waals surface area contributed by atoms with Crippen LogP contribution in [-0.4, -0.2) is 67.2 Å². The number of carbonyl (C=O) groups excluding carboxylic acids is 1. The Morgan fingerprint density at radius 2 is 2.05 bits per heavy atom. The van der Waals surface area contributed by atoms with Crippen LogP contribution in [-0.2, 0) is 9.47 Å². The summed E-state index contributed by atoms with van der Waals surface area (Å²) in [5.74, 6) is 0.532. The third-order valence-corrected chi connectivity index (χ3v) is 4.52. The standard InChI is InChI=1S/C16H30N2O4/c1-13(2)11-14-12-22-10-7-18(14)15(19)17-6-3-16(20)4-8-21-9-5-16/h13-14,20H,3-12H2,1-2H3,(H,17,19)/t14-/m0/s1. The second kappa shape index (κ2) is 8.13. The molecule has 0 saturated carbocycles. The number of hydrogen-bond acceptors (Lipinski definition) is 4. The van der Waals surface area contributed by atoms with E-state index in [1.807, 2.05) is 4.90 Å². The third-order valence-electron chi connectivity index (χ3n) is 4.52. The number of rotatable bonds is 5. The molecule has 1 atom stereocenters. The number of nitrogens with one attached hydrogen (secondary N) is 1. The predicted molar refractivity (Wildman–Crippen MR) is 83.8 cm³/mol. The SMILES string of the molecule is CC(C)C[C@H]1COCCN1C(=O)NCCC1(O)CCOCC1. The van der Waals surface area contributed by atoms with Crippen molar-refractivity contribution in [1.29, 1.82) is 0 Å². The molecule has 0 unspecified atom stereocenters. The van der Waals surface area contributed by atoms with Gasteiger partial charge >= 0.3 is 6.03 Å². The normalized spacial score (nSPS) is 25.3. The number of aliphatic hydroxyl groups is 1. The largest absolute Gasteiger partial charge is 0.390 e. The van der Waals surface area contributed by atoms with Crippen molar-refractivity contribution >= 4 is 6.03 Å². The lowest BCUT2D eigenvalue weighted by Crippen LogP contribution is -2.53. The Morgan fingerprint density at radius 1 is 1.32 bits per heavy atom. The Balaban J connectivity index is 1.77. The van der Waals surface area contributed by atoms with Crippen LogP contribution in [0, 0.1) is 5.92 Å². The monoisotopic (exact) mass is 314 g/mol. The first-order valence-corrected chi connectivity index (χ1v) is 8.42. The zero-order valence-electron chi connectivity index (χ0n) is 13.8. The Labute approximate surface area is 133 Å².